The quantitative estimate of drug-likeness (QED) is 0.889. The van der Waals surface area contributed by atoms with Crippen molar-refractivity contribution in [1.82, 2.24) is 15.5 Å². The number of halogens is 1. The highest BCUT2D eigenvalue weighted by atomic mass is 79.9. The molecule has 1 fully saturated rings. The molecule has 1 atom stereocenters. The molecule has 1 aromatic carbocycles. The molecular weight excluding hydrogens is 336 g/mol. The van der Waals surface area contributed by atoms with E-state index >= 15 is 0 Å². The Bertz CT molecular complexity index is 665. The predicted octanol–water partition coefficient (Wildman–Crippen LogP) is 2.82. The molecular formula is C14H15BrN4O2. The van der Waals surface area contributed by atoms with Gasteiger partial charge in [0.2, 0.25) is 5.89 Å². The number of benzene rings is 1. The number of anilines is 1. The van der Waals surface area contributed by atoms with Crippen molar-refractivity contribution in [3.8, 4) is 0 Å². The molecule has 0 radical (unpaired) electrons. The van der Waals surface area contributed by atoms with Crippen molar-refractivity contribution in [1.29, 1.82) is 0 Å². The summed E-state index contributed by atoms with van der Waals surface area (Å²) in [5.41, 5.74) is 1.78. The first kappa shape index (κ1) is 14.2. The smallest absolute Gasteiger partial charge is 0.297 e. The molecule has 2 heterocycles. The van der Waals surface area contributed by atoms with Gasteiger partial charge in [0.1, 0.15) is 0 Å². The van der Waals surface area contributed by atoms with Crippen molar-refractivity contribution in [3.05, 3.63) is 40.0 Å². The standard InChI is InChI=1S/C14H15BrN4O2/c1-8-4-5-10(9(15)7-8)17-13(20)12-18-14(21-19-12)11-3-2-6-16-11/h4-5,7,11,16H,2-3,6H2,1H3,(H,17,20). The summed E-state index contributed by atoms with van der Waals surface area (Å²) in [6, 6.07) is 5.74. The molecule has 1 amide bonds. The molecule has 7 heteroatoms. The molecule has 1 aliphatic heterocycles. The summed E-state index contributed by atoms with van der Waals surface area (Å²) in [6.45, 7) is 2.92. The normalized spacial score (nSPS) is 17.9. The summed E-state index contributed by atoms with van der Waals surface area (Å²) in [5.74, 6) is 0.138. The van der Waals surface area contributed by atoms with Gasteiger partial charge in [-0.2, -0.15) is 4.98 Å². The Morgan fingerprint density at radius 1 is 1.52 bits per heavy atom. The van der Waals surface area contributed by atoms with Crippen LogP contribution in [0.3, 0.4) is 0 Å². The monoisotopic (exact) mass is 350 g/mol. The highest BCUT2D eigenvalue weighted by Gasteiger charge is 2.24. The summed E-state index contributed by atoms with van der Waals surface area (Å²) in [7, 11) is 0. The van der Waals surface area contributed by atoms with Crippen molar-refractivity contribution in [2.75, 3.05) is 11.9 Å². The highest BCUT2D eigenvalue weighted by Crippen LogP contribution is 2.24. The molecule has 0 spiro atoms. The van der Waals surface area contributed by atoms with Crippen LogP contribution in [-0.4, -0.2) is 22.6 Å². The van der Waals surface area contributed by atoms with Crippen LogP contribution in [0.5, 0.6) is 0 Å². The third-order valence-electron chi connectivity index (χ3n) is 3.38. The van der Waals surface area contributed by atoms with Gasteiger partial charge in [0.25, 0.3) is 11.7 Å². The van der Waals surface area contributed by atoms with Gasteiger partial charge in [0, 0.05) is 4.47 Å². The minimum Gasteiger partial charge on any atom is -0.337 e. The number of aryl methyl sites for hydroxylation is 1. The van der Waals surface area contributed by atoms with Crippen LogP contribution in [0.15, 0.2) is 27.2 Å². The molecule has 21 heavy (non-hydrogen) atoms. The van der Waals surface area contributed by atoms with Crippen molar-refractivity contribution < 1.29 is 9.32 Å². The van der Waals surface area contributed by atoms with Gasteiger partial charge in [-0.3, -0.25) is 4.79 Å². The van der Waals surface area contributed by atoms with Gasteiger partial charge < -0.3 is 15.2 Å². The minimum absolute atomic E-state index is 0.0474. The van der Waals surface area contributed by atoms with E-state index in [0.29, 0.717) is 11.6 Å². The van der Waals surface area contributed by atoms with Crippen molar-refractivity contribution in [3.63, 3.8) is 0 Å². The van der Waals surface area contributed by atoms with E-state index in [1.807, 2.05) is 25.1 Å². The zero-order valence-corrected chi connectivity index (χ0v) is 13.1. The maximum atomic E-state index is 12.1. The van der Waals surface area contributed by atoms with E-state index in [0.717, 1.165) is 29.4 Å². The number of carbonyl (C=O) groups excluding carboxylic acids is 1. The Hall–Kier alpha value is -1.73. The van der Waals surface area contributed by atoms with Gasteiger partial charge in [-0.1, -0.05) is 11.2 Å². The first-order valence-electron chi connectivity index (χ1n) is 6.78. The molecule has 1 saturated heterocycles. The summed E-state index contributed by atoms with van der Waals surface area (Å²) < 4.78 is 5.98. The summed E-state index contributed by atoms with van der Waals surface area (Å²) in [5, 5.41) is 9.77. The van der Waals surface area contributed by atoms with Crippen LogP contribution in [0.2, 0.25) is 0 Å². The van der Waals surface area contributed by atoms with Crippen molar-refractivity contribution >= 4 is 27.5 Å². The lowest BCUT2D eigenvalue weighted by Gasteiger charge is -2.05. The van der Waals surface area contributed by atoms with E-state index in [1.54, 1.807) is 0 Å². The molecule has 0 aliphatic carbocycles. The molecule has 6 nitrogen and oxygen atoms in total. The number of rotatable bonds is 3. The maximum absolute atomic E-state index is 12.1. The number of aromatic nitrogens is 2. The van der Waals surface area contributed by atoms with Gasteiger partial charge in [-0.05, 0) is 59.9 Å². The fourth-order valence-corrected chi connectivity index (χ4v) is 2.86. The summed E-state index contributed by atoms with van der Waals surface area (Å²) in [4.78, 5) is 16.3. The lowest BCUT2D eigenvalue weighted by atomic mass is 10.2. The van der Waals surface area contributed by atoms with E-state index in [4.69, 9.17) is 4.52 Å². The van der Waals surface area contributed by atoms with Crippen LogP contribution < -0.4 is 10.6 Å². The number of nitrogens with one attached hydrogen (secondary N) is 2. The van der Waals surface area contributed by atoms with Gasteiger partial charge in [0.15, 0.2) is 0 Å². The third kappa shape index (κ3) is 3.14. The Balaban J connectivity index is 1.73. The van der Waals surface area contributed by atoms with Gasteiger partial charge in [-0.15, -0.1) is 0 Å². The Morgan fingerprint density at radius 3 is 3.10 bits per heavy atom. The average Bonchev–Trinajstić information content (AvgIpc) is 3.10. The molecule has 1 aliphatic rings. The SMILES string of the molecule is Cc1ccc(NC(=O)c2noc(C3CCCN3)n2)c(Br)c1. The second kappa shape index (κ2) is 5.95. The van der Waals surface area contributed by atoms with Crippen molar-refractivity contribution in [2.45, 2.75) is 25.8 Å². The van der Waals surface area contributed by atoms with Crippen LogP contribution in [0.1, 0.15) is 41.0 Å². The number of carbonyl (C=O) groups is 1. The summed E-state index contributed by atoms with van der Waals surface area (Å²) in [6.07, 6.45) is 2.03. The van der Waals surface area contributed by atoms with Gasteiger partial charge >= 0.3 is 0 Å². The lowest BCUT2D eigenvalue weighted by Crippen LogP contribution is -2.16. The van der Waals surface area contributed by atoms with E-state index in [1.165, 1.54) is 0 Å². The van der Waals surface area contributed by atoms with E-state index in [-0.39, 0.29) is 17.8 Å². The van der Waals surface area contributed by atoms with Crippen LogP contribution >= 0.6 is 15.9 Å². The van der Waals surface area contributed by atoms with Crippen LogP contribution in [0.25, 0.3) is 0 Å². The number of hydrogen-bond acceptors (Lipinski definition) is 5. The Morgan fingerprint density at radius 2 is 2.38 bits per heavy atom. The highest BCUT2D eigenvalue weighted by molar-refractivity contribution is 9.10. The minimum atomic E-state index is -0.382. The lowest BCUT2D eigenvalue weighted by molar-refractivity contribution is 0.101. The Labute approximate surface area is 130 Å². The third-order valence-corrected chi connectivity index (χ3v) is 4.03. The van der Waals surface area contributed by atoms with E-state index < -0.39 is 0 Å². The summed E-state index contributed by atoms with van der Waals surface area (Å²) >= 11 is 3.42. The van der Waals surface area contributed by atoms with Crippen LogP contribution in [0.4, 0.5) is 5.69 Å². The molecule has 2 aromatic rings. The Kier molecular flexibility index (Phi) is 4.03. The maximum Gasteiger partial charge on any atom is 0.297 e. The fourth-order valence-electron chi connectivity index (χ4n) is 2.26. The van der Waals surface area contributed by atoms with E-state index in [2.05, 4.69) is 36.7 Å². The second-order valence-electron chi connectivity index (χ2n) is 5.04. The zero-order valence-electron chi connectivity index (χ0n) is 11.5. The fraction of sp³-hybridized carbons (Fsp3) is 0.357. The molecule has 2 N–H and O–H groups in total. The molecule has 0 saturated carbocycles. The predicted molar refractivity (Wildman–Crippen MR) is 81.1 cm³/mol. The molecule has 1 unspecified atom stereocenters. The number of hydrogen-bond donors (Lipinski definition) is 2. The molecule has 0 bridgehead atoms. The second-order valence-corrected chi connectivity index (χ2v) is 5.90. The van der Waals surface area contributed by atoms with Crippen molar-refractivity contribution in [2.24, 2.45) is 0 Å². The average molecular weight is 351 g/mol. The van der Waals surface area contributed by atoms with Gasteiger partial charge in [-0.25, -0.2) is 0 Å². The van der Waals surface area contributed by atoms with Crippen LogP contribution in [-0.2, 0) is 0 Å². The molecule has 110 valence electrons. The molecule has 1 aromatic heterocycles. The first-order chi connectivity index (χ1) is 10.1. The van der Waals surface area contributed by atoms with Gasteiger partial charge in [0.05, 0.1) is 11.7 Å². The number of nitrogens with zero attached hydrogens (tertiary/aromatic N) is 2. The first-order valence-corrected chi connectivity index (χ1v) is 7.57. The zero-order chi connectivity index (χ0) is 14.8. The van der Waals surface area contributed by atoms with Crippen LogP contribution in [0, 0.1) is 6.92 Å². The largest absolute Gasteiger partial charge is 0.337 e. The molecule has 3 rings (SSSR count). The number of amides is 1. The topological polar surface area (TPSA) is 80.0 Å². The van der Waals surface area contributed by atoms with E-state index in [9.17, 15) is 4.79 Å².